The maximum absolute atomic E-state index is 11.9. The number of hydrogen-bond donors (Lipinski definition) is 2. The highest BCUT2D eigenvalue weighted by Crippen LogP contribution is 2.20. The second-order valence-electron chi connectivity index (χ2n) is 6.38. The van der Waals surface area contributed by atoms with Crippen molar-refractivity contribution in [2.75, 3.05) is 19.6 Å². The molecule has 1 fully saturated rings. The summed E-state index contributed by atoms with van der Waals surface area (Å²) >= 11 is 0. The fourth-order valence-electron chi connectivity index (χ4n) is 3.31. The fourth-order valence-corrected chi connectivity index (χ4v) is 3.31. The van der Waals surface area contributed by atoms with Crippen LogP contribution in [0.4, 0.5) is 0 Å². The molecule has 3 rings (SSSR count). The molecule has 5 nitrogen and oxygen atoms in total. The van der Waals surface area contributed by atoms with E-state index in [0.717, 1.165) is 42.5 Å². The van der Waals surface area contributed by atoms with Gasteiger partial charge in [0, 0.05) is 35.6 Å². The van der Waals surface area contributed by atoms with Gasteiger partial charge in [0.2, 0.25) is 5.91 Å². The average molecular weight is 326 g/mol. The van der Waals surface area contributed by atoms with Crippen molar-refractivity contribution in [1.82, 2.24) is 15.3 Å². The fraction of sp³-hybridized carbons (Fsp3) is 0.474. The third kappa shape index (κ3) is 4.03. The number of amides is 1. The molecule has 24 heavy (non-hydrogen) atoms. The molecular formula is C19H26N4O. The Labute approximate surface area is 143 Å². The first-order chi connectivity index (χ1) is 11.8. The second kappa shape index (κ2) is 8.11. The van der Waals surface area contributed by atoms with Crippen LogP contribution >= 0.6 is 0 Å². The molecule has 0 saturated carbocycles. The number of para-hydroxylation sites is 1. The lowest BCUT2D eigenvalue weighted by molar-refractivity contribution is -0.121. The number of benzene rings is 1. The van der Waals surface area contributed by atoms with Crippen molar-refractivity contribution in [3.8, 4) is 0 Å². The Balaban J connectivity index is 1.53. The number of carbonyl (C=O) groups is 1. The monoisotopic (exact) mass is 326 g/mol. The smallest absolute Gasteiger partial charge is 0.241 e. The minimum absolute atomic E-state index is 0.0223. The molecule has 2 aromatic rings. The van der Waals surface area contributed by atoms with E-state index >= 15 is 0 Å². The third-order valence-electron chi connectivity index (χ3n) is 4.71. The van der Waals surface area contributed by atoms with Gasteiger partial charge in [0.05, 0.1) is 6.21 Å². The van der Waals surface area contributed by atoms with Crippen LogP contribution < -0.4 is 5.43 Å². The van der Waals surface area contributed by atoms with Crippen molar-refractivity contribution < 1.29 is 4.79 Å². The van der Waals surface area contributed by atoms with Crippen LogP contribution in [-0.4, -0.2) is 41.6 Å². The minimum atomic E-state index is -0.0223. The predicted molar refractivity (Wildman–Crippen MR) is 98.3 cm³/mol. The van der Waals surface area contributed by atoms with E-state index in [-0.39, 0.29) is 5.91 Å². The van der Waals surface area contributed by atoms with Gasteiger partial charge in [0.1, 0.15) is 0 Å². The molecule has 1 aliphatic rings. The van der Waals surface area contributed by atoms with Gasteiger partial charge in [-0.2, -0.15) is 5.10 Å². The lowest BCUT2D eigenvalue weighted by atomic mass is 10.1. The Kier molecular flexibility index (Phi) is 5.64. The van der Waals surface area contributed by atoms with Crippen molar-refractivity contribution in [2.24, 2.45) is 5.10 Å². The number of rotatable bonds is 6. The molecule has 2 heterocycles. The SMILES string of the molecule is CCc1cccc2c(/C=N/NC(=O)CCN3CCCCC3)c[nH]c12. The highest BCUT2D eigenvalue weighted by molar-refractivity contribution is 6.00. The Hall–Kier alpha value is -2.14. The topological polar surface area (TPSA) is 60.5 Å². The molecule has 1 amide bonds. The molecule has 2 N–H and O–H groups in total. The zero-order chi connectivity index (χ0) is 16.8. The van der Waals surface area contributed by atoms with Crippen LogP contribution in [0.2, 0.25) is 0 Å². The first kappa shape index (κ1) is 16.7. The van der Waals surface area contributed by atoms with E-state index in [9.17, 15) is 4.79 Å². The van der Waals surface area contributed by atoms with Crippen molar-refractivity contribution in [1.29, 1.82) is 0 Å². The molecule has 0 radical (unpaired) electrons. The van der Waals surface area contributed by atoms with Crippen molar-refractivity contribution in [2.45, 2.75) is 39.0 Å². The molecule has 0 bridgehead atoms. The Bertz CT molecular complexity index is 713. The summed E-state index contributed by atoms with van der Waals surface area (Å²) in [6, 6.07) is 6.26. The second-order valence-corrected chi connectivity index (χ2v) is 6.38. The normalized spacial score (nSPS) is 16.0. The summed E-state index contributed by atoms with van der Waals surface area (Å²) in [5.41, 5.74) is 6.08. The Morgan fingerprint density at radius 3 is 2.96 bits per heavy atom. The van der Waals surface area contributed by atoms with Crippen LogP contribution in [0.3, 0.4) is 0 Å². The van der Waals surface area contributed by atoms with Crippen LogP contribution in [0, 0.1) is 0 Å². The van der Waals surface area contributed by atoms with E-state index < -0.39 is 0 Å². The summed E-state index contributed by atoms with van der Waals surface area (Å²) < 4.78 is 0. The van der Waals surface area contributed by atoms with Gasteiger partial charge in [-0.1, -0.05) is 31.5 Å². The predicted octanol–water partition coefficient (Wildman–Crippen LogP) is 3.06. The van der Waals surface area contributed by atoms with Crippen molar-refractivity contribution >= 4 is 23.0 Å². The van der Waals surface area contributed by atoms with Gasteiger partial charge < -0.3 is 9.88 Å². The molecule has 5 heteroatoms. The minimum Gasteiger partial charge on any atom is -0.360 e. The highest BCUT2D eigenvalue weighted by atomic mass is 16.2. The van der Waals surface area contributed by atoms with Crippen LogP contribution in [-0.2, 0) is 11.2 Å². The molecule has 1 aromatic heterocycles. The van der Waals surface area contributed by atoms with E-state index in [1.165, 1.54) is 24.8 Å². The number of nitrogens with zero attached hydrogens (tertiary/aromatic N) is 2. The molecule has 0 atom stereocenters. The molecule has 0 spiro atoms. The van der Waals surface area contributed by atoms with Gasteiger partial charge in [0.15, 0.2) is 0 Å². The summed E-state index contributed by atoms with van der Waals surface area (Å²) in [5, 5.41) is 5.26. The van der Waals surface area contributed by atoms with Crippen molar-refractivity contribution in [3.63, 3.8) is 0 Å². The maximum Gasteiger partial charge on any atom is 0.241 e. The Morgan fingerprint density at radius 2 is 2.17 bits per heavy atom. The first-order valence-electron chi connectivity index (χ1n) is 8.91. The van der Waals surface area contributed by atoms with E-state index in [1.807, 2.05) is 6.20 Å². The van der Waals surface area contributed by atoms with E-state index in [2.05, 4.69) is 45.5 Å². The quantitative estimate of drug-likeness (QED) is 0.633. The summed E-state index contributed by atoms with van der Waals surface area (Å²) in [7, 11) is 0. The van der Waals surface area contributed by atoms with Crippen LogP contribution in [0.5, 0.6) is 0 Å². The number of fused-ring (bicyclic) bond motifs is 1. The Morgan fingerprint density at radius 1 is 1.33 bits per heavy atom. The summed E-state index contributed by atoms with van der Waals surface area (Å²) in [4.78, 5) is 17.6. The van der Waals surface area contributed by atoms with Gasteiger partial charge >= 0.3 is 0 Å². The third-order valence-corrected chi connectivity index (χ3v) is 4.71. The standard InChI is InChI=1S/C19H26N4O/c1-2-15-7-6-8-17-16(13-20-19(15)17)14-21-22-18(24)9-12-23-10-4-3-5-11-23/h6-8,13-14,20H,2-5,9-12H2,1H3,(H,22,24)/b21-14+. The lowest BCUT2D eigenvalue weighted by Gasteiger charge is -2.25. The number of H-pyrrole nitrogens is 1. The van der Waals surface area contributed by atoms with Gasteiger partial charge in [-0.05, 0) is 37.9 Å². The van der Waals surface area contributed by atoms with Crippen LogP contribution in [0.25, 0.3) is 10.9 Å². The first-order valence-corrected chi connectivity index (χ1v) is 8.91. The van der Waals surface area contributed by atoms with E-state index in [0.29, 0.717) is 6.42 Å². The number of hydrazone groups is 1. The number of aromatic amines is 1. The van der Waals surface area contributed by atoms with Gasteiger partial charge in [0.25, 0.3) is 0 Å². The van der Waals surface area contributed by atoms with Gasteiger partial charge in [-0.25, -0.2) is 5.43 Å². The number of carbonyl (C=O) groups excluding carboxylic acids is 1. The van der Waals surface area contributed by atoms with Crippen molar-refractivity contribution in [3.05, 3.63) is 35.5 Å². The van der Waals surface area contributed by atoms with Gasteiger partial charge in [-0.15, -0.1) is 0 Å². The number of likely N-dealkylation sites (tertiary alicyclic amines) is 1. The van der Waals surface area contributed by atoms with E-state index in [4.69, 9.17) is 0 Å². The summed E-state index contributed by atoms with van der Waals surface area (Å²) in [6.45, 7) is 5.21. The van der Waals surface area contributed by atoms with Gasteiger partial charge in [-0.3, -0.25) is 4.79 Å². The molecule has 0 aliphatic carbocycles. The molecule has 1 aliphatic heterocycles. The summed E-state index contributed by atoms with van der Waals surface area (Å²) in [5.74, 6) is -0.0223. The molecule has 1 aromatic carbocycles. The molecule has 1 saturated heterocycles. The number of nitrogens with one attached hydrogen (secondary N) is 2. The number of piperidine rings is 1. The molecule has 0 unspecified atom stereocenters. The van der Waals surface area contributed by atoms with Crippen LogP contribution in [0.1, 0.15) is 43.7 Å². The number of aromatic nitrogens is 1. The largest absolute Gasteiger partial charge is 0.360 e. The highest BCUT2D eigenvalue weighted by Gasteiger charge is 2.11. The number of hydrogen-bond acceptors (Lipinski definition) is 3. The lowest BCUT2D eigenvalue weighted by Crippen LogP contribution is -2.33. The summed E-state index contributed by atoms with van der Waals surface area (Å²) in [6.07, 6.45) is 8.97. The zero-order valence-electron chi connectivity index (χ0n) is 14.3. The average Bonchev–Trinajstić information content (AvgIpc) is 3.04. The number of aryl methyl sites for hydroxylation is 1. The van der Waals surface area contributed by atoms with Crippen LogP contribution in [0.15, 0.2) is 29.5 Å². The zero-order valence-corrected chi connectivity index (χ0v) is 14.3. The molecule has 128 valence electrons. The maximum atomic E-state index is 11.9. The van der Waals surface area contributed by atoms with E-state index in [1.54, 1.807) is 6.21 Å². The molecular weight excluding hydrogens is 300 g/mol.